The van der Waals surface area contributed by atoms with Crippen LogP contribution in [-0.2, 0) is 31.3 Å². The molecule has 1 N–H and O–H groups in total. The van der Waals surface area contributed by atoms with Crippen molar-refractivity contribution in [1.82, 2.24) is 9.97 Å². The maximum atomic E-state index is 10.0. The zero-order chi connectivity index (χ0) is 21.6. The van der Waals surface area contributed by atoms with Gasteiger partial charge in [0.05, 0.1) is 17.1 Å². The first-order valence-electron chi connectivity index (χ1n) is 9.79. The maximum absolute atomic E-state index is 10.0. The van der Waals surface area contributed by atoms with E-state index in [1.54, 1.807) is 0 Å². The molecule has 161 valence electrons. The fourth-order valence-electron chi connectivity index (χ4n) is 3.17. The molecule has 30 heavy (non-hydrogen) atoms. The van der Waals surface area contributed by atoms with Crippen LogP contribution in [0.2, 0.25) is 0 Å². The van der Waals surface area contributed by atoms with Crippen LogP contribution in [-0.4, -0.2) is 20.9 Å². The largest absolute Gasteiger partial charge is 0.512 e. The van der Waals surface area contributed by atoms with Gasteiger partial charge in [-0.05, 0) is 37.8 Å². The fraction of sp³-hybridized carbons (Fsp3) is 0.320. The van der Waals surface area contributed by atoms with Crippen LogP contribution < -0.4 is 0 Å². The van der Waals surface area contributed by atoms with Crippen molar-refractivity contribution in [3.63, 3.8) is 0 Å². The first kappa shape index (κ1) is 25.7. The fourth-order valence-corrected chi connectivity index (χ4v) is 3.17. The van der Waals surface area contributed by atoms with Gasteiger partial charge in [0.25, 0.3) is 0 Å². The molecule has 0 aliphatic carbocycles. The number of rotatable bonds is 4. The van der Waals surface area contributed by atoms with Gasteiger partial charge in [-0.25, -0.2) is 0 Å². The van der Waals surface area contributed by atoms with Gasteiger partial charge in [0.1, 0.15) is 0 Å². The Bertz CT molecular complexity index is 1020. The van der Waals surface area contributed by atoms with Crippen LogP contribution >= 0.6 is 0 Å². The molecule has 5 heteroatoms. The zero-order valence-corrected chi connectivity index (χ0v) is 20.8. The molecule has 0 saturated carbocycles. The van der Waals surface area contributed by atoms with Gasteiger partial charge < -0.3 is 5.11 Å². The summed E-state index contributed by atoms with van der Waals surface area (Å²) < 4.78 is 0. The quantitative estimate of drug-likeness (QED) is 0.235. The summed E-state index contributed by atoms with van der Waals surface area (Å²) in [6, 6.07) is 13.9. The average molecular weight is 582 g/mol. The second-order valence-corrected chi connectivity index (χ2v) is 7.79. The van der Waals surface area contributed by atoms with E-state index in [1.807, 2.05) is 6.20 Å². The summed E-state index contributed by atoms with van der Waals surface area (Å²) in [5, 5.41) is 9.52. The molecule has 4 nitrogen and oxygen atoms in total. The Morgan fingerprint density at radius 2 is 1.90 bits per heavy atom. The predicted molar refractivity (Wildman–Crippen MR) is 119 cm³/mol. The summed E-state index contributed by atoms with van der Waals surface area (Å²) in [7, 11) is 0. The van der Waals surface area contributed by atoms with Crippen LogP contribution in [0.4, 0.5) is 0 Å². The van der Waals surface area contributed by atoms with E-state index in [0.29, 0.717) is 5.92 Å². The molecule has 1 heterocycles. The SMILES string of the molecule is CC(=O)/C=C(/C)O.Cc1[c-]c(-c2ncc3c(CC(C)C)cccc3n2)cc(C)c1.[Ir]. The molecule has 0 aliphatic heterocycles. The van der Waals surface area contributed by atoms with Crippen molar-refractivity contribution < 1.29 is 30.0 Å². The number of ketones is 1. The first-order valence-corrected chi connectivity index (χ1v) is 9.79. The minimum atomic E-state index is -0.125. The summed E-state index contributed by atoms with van der Waals surface area (Å²) in [5.41, 5.74) is 5.63. The maximum Gasteiger partial charge on any atom is 0.155 e. The van der Waals surface area contributed by atoms with Crippen LogP contribution in [0.25, 0.3) is 22.3 Å². The van der Waals surface area contributed by atoms with Crippen LogP contribution in [0.5, 0.6) is 0 Å². The second-order valence-electron chi connectivity index (χ2n) is 7.79. The number of allylic oxidation sites excluding steroid dienone is 2. The zero-order valence-electron chi connectivity index (χ0n) is 18.4. The van der Waals surface area contributed by atoms with E-state index in [9.17, 15) is 4.79 Å². The monoisotopic (exact) mass is 582 g/mol. The summed E-state index contributed by atoms with van der Waals surface area (Å²) in [6.45, 7) is 11.5. The molecule has 2 aromatic carbocycles. The molecule has 0 saturated heterocycles. The summed E-state index contributed by atoms with van der Waals surface area (Å²) in [4.78, 5) is 19.4. The number of aromatic nitrogens is 2. The number of nitrogens with zero attached hydrogens (tertiary/aromatic N) is 2. The number of carbonyl (C=O) groups excluding carboxylic acids is 1. The number of hydrogen-bond acceptors (Lipinski definition) is 4. The number of benzene rings is 2. The number of hydrogen-bond donors (Lipinski definition) is 1. The van der Waals surface area contributed by atoms with E-state index >= 15 is 0 Å². The van der Waals surface area contributed by atoms with Gasteiger partial charge in [0.2, 0.25) is 0 Å². The Hall–Kier alpha value is -2.36. The Morgan fingerprint density at radius 1 is 1.20 bits per heavy atom. The third-order valence-electron chi connectivity index (χ3n) is 4.14. The van der Waals surface area contributed by atoms with Crippen molar-refractivity contribution in [2.45, 2.75) is 48.0 Å². The van der Waals surface area contributed by atoms with E-state index in [1.165, 1.54) is 31.1 Å². The minimum absolute atomic E-state index is 0. The third kappa shape index (κ3) is 7.81. The molecule has 0 unspecified atom stereocenters. The summed E-state index contributed by atoms with van der Waals surface area (Å²) in [6.07, 6.45) is 4.18. The normalized spacial score (nSPS) is 11.0. The summed E-state index contributed by atoms with van der Waals surface area (Å²) in [5.74, 6) is 1.31. The number of carbonyl (C=O) groups is 1. The Balaban J connectivity index is 0.000000489. The van der Waals surface area contributed by atoms with E-state index in [2.05, 4.69) is 69.1 Å². The third-order valence-corrected chi connectivity index (χ3v) is 4.14. The van der Waals surface area contributed by atoms with Crippen molar-refractivity contribution in [3.05, 3.63) is 71.1 Å². The molecule has 0 bridgehead atoms. The molecule has 3 rings (SSSR count). The Kier molecular flexibility index (Phi) is 10.0. The number of aliphatic hydroxyl groups is 1. The molecular formula is C25H29IrN2O2-. The topological polar surface area (TPSA) is 63.1 Å². The van der Waals surface area contributed by atoms with Gasteiger partial charge in [-0.3, -0.25) is 14.8 Å². The standard InChI is InChI=1S/C20H21N2.C5H8O2.Ir/c1-13(2)8-16-6-5-7-19-18(16)12-21-20(22-19)17-10-14(3)9-15(4)11-17;1-4(6)3-5(2)7;/h5-7,9-10,12-13H,8H2,1-4H3;3,6H,1-2H3;/q-1;;/b;4-3-;. The van der Waals surface area contributed by atoms with Crippen LogP contribution in [0.3, 0.4) is 0 Å². The Morgan fingerprint density at radius 3 is 2.43 bits per heavy atom. The van der Waals surface area contributed by atoms with Gasteiger partial charge in [-0.1, -0.05) is 39.8 Å². The van der Waals surface area contributed by atoms with Crippen LogP contribution in [0.15, 0.2) is 48.4 Å². The predicted octanol–water partition coefficient (Wildman–Crippen LogP) is 5.95. The molecule has 0 spiro atoms. The number of aryl methyl sites for hydroxylation is 2. The smallest absolute Gasteiger partial charge is 0.155 e. The van der Waals surface area contributed by atoms with Crippen molar-refractivity contribution >= 4 is 16.7 Å². The van der Waals surface area contributed by atoms with Gasteiger partial charge in [-0.15, -0.1) is 34.9 Å². The molecule has 1 aromatic heterocycles. The van der Waals surface area contributed by atoms with Crippen molar-refractivity contribution in [3.8, 4) is 11.4 Å². The Labute approximate surface area is 192 Å². The van der Waals surface area contributed by atoms with Crippen molar-refractivity contribution in [2.75, 3.05) is 0 Å². The number of aliphatic hydroxyl groups excluding tert-OH is 1. The van der Waals surface area contributed by atoms with Gasteiger partial charge >= 0.3 is 0 Å². The molecule has 0 fully saturated rings. The van der Waals surface area contributed by atoms with E-state index in [4.69, 9.17) is 10.1 Å². The molecule has 0 aliphatic rings. The van der Waals surface area contributed by atoms with E-state index < -0.39 is 0 Å². The summed E-state index contributed by atoms with van der Waals surface area (Å²) >= 11 is 0. The van der Waals surface area contributed by atoms with Crippen molar-refractivity contribution in [2.24, 2.45) is 5.92 Å². The molecule has 0 amide bonds. The molecule has 0 atom stereocenters. The first-order chi connectivity index (χ1) is 13.7. The average Bonchev–Trinajstić information content (AvgIpc) is 2.59. The molecule has 1 radical (unpaired) electrons. The van der Waals surface area contributed by atoms with E-state index in [0.717, 1.165) is 34.3 Å². The minimum Gasteiger partial charge on any atom is -0.512 e. The van der Waals surface area contributed by atoms with E-state index in [-0.39, 0.29) is 31.6 Å². The van der Waals surface area contributed by atoms with Gasteiger partial charge in [0.15, 0.2) is 5.78 Å². The van der Waals surface area contributed by atoms with Gasteiger partial charge in [0, 0.05) is 37.8 Å². The van der Waals surface area contributed by atoms with Crippen LogP contribution in [0, 0.1) is 25.8 Å². The molecule has 3 aromatic rings. The van der Waals surface area contributed by atoms with Gasteiger partial charge in [-0.2, -0.15) is 0 Å². The van der Waals surface area contributed by atoms with Crippen molar-refractivity contribution in [1.29, 1.82) is 0 Å². The second kappa shape index (κ2) is 11.7. The van der Waals surface area contributed by atoms with Crippen LogP contribution in [0.1, 0.15) is 44.4 Å². The molecular weight excluding hydrogens is 553 g/mol. The number of fused-ring (bicyclic) bond motifs is 1.